The van der Waals surface area contributed by atoms with Crippen LogP contribution in [0.25, 0.3) is 0 Å². The summed E-state index contributed by atoms with van der Waals surface area (Å²) < 4.78 is 5.79. The van der Waals surface area contributed by atoms with Gasteiger partial charge in [0.15, 0.2) is 0 Å². The van der Waals surface area contributed by atoms with Crippen molar-refractivity contribution in [2.45, 2.75) is 38.4 Å². The minimum absolute atomic E-state index is 0.152. The van der Waals surface area contributed by atoms with Gasteiger partial charge in [0, 0.05) is 6.61 Å². The van der Waals surface area contributed by atoms with E-state index in [1.54, 1.807) is 0 Å². The Morgan fingerprint density at radius 1 is 1.21 bits per heavy atom. The number of aliphatic hydroxyl groups excluding tert-OH is 2. The molecule has 0 bridgehead atoms. The maximum absolute atomic E-state index is 9.62. The number of ether oxygens (including phenoxy) is 1. The normalized spacial score (nSPS) is 24.5. The Morgan fingerprint density at radius 2 is 2.00 bits per heavy atom. The van der Waals surface area contributed by atoms with Crippen LogP contribution < -0.4 is 0 Å². The first-order valence-corrected chi connectivity index (χ1v) is 7.20. The summed E-state index contributed by atoms with van der Waals surface area (Å²) in [6, 6.07) is 10.1. The lowest BCUT2D eigenvalue weighted by Crippen LogP contribution is -2.20. The van der Waals surface area contributed by atoms with E-state index in [2.05, 4.69) is 12.1 Å². The van der Waals surface area contributed by atoms with E-state index in [1.807, 2.05) is 18.2 Å². The summed E-state index contributed by atoms with van der Waals surface area (Å²) in [5.41, 5.74) is 1.18. The van der Waals surface area contributed by atoms with Crippen LogP contribution in [0.1, 0.15) is 31.2 Å². The van der Waals surface area contributed by atoms with Gasteiger partial charge < -0.3 is 14.9 Å². The molecule has 1 fully saturated rings. The monoisotopic (exact) mass is 264 g/mol. The molecule has 2 rings (SSSR count). The predicted molar refractivity (Wildman–Crippen MR) is 74.6 cm³/mol. The fourth-order valence-corrected chi connectivity index (χ4v) is 2.94. The molecule has 0 heterocycles. The molecule has 19 heavy (non-hydrogen) atoms. The smallest absolute Gasteiger partial charge is 0.0717 e. The SMILES string of the molecule is OCC[C@@H](COCc1ccccc1)[C@H]1CC[C@@H](O)C1. The molecule has 1 aliphatic rings. The molecule has 1 aliphatic carbocycles. The average molecular weight is 264 g/mol. The van der Waals surface area contributed by atoms with E-state index >= 15 is 0 Å². The van der Waals surface area contributed by atoms with Gasteiger partial charge in [-0.2, -0.15) is 0 Å². The molecular weight excluding hydrogens is 240 g/mol. The van der Waals surface area contributed by atoms with Gasteiger partial charge in [-0.25, -0.2) is 0 Å². The fraction of sp³-hybridized carbons (Fsp3) is 0.625. The Bertz CT molecular complexity index is 352. The van der Waals surface area contributed by atoms with Crippen LogP contribution in [0.3, 0.4) is 0 Å². The maximum atomic E-state index is 9.62. The zero-order valence-electron chi connectivity index (χ0n) is 11.4. The van der Waals surface area contributed by atoms with Gasteiger partial charge in [-0.05, 0) is 43.1 Å². The lowest BCUT2D eigenvalue weighted by Gasteiger charge is -2.22. The molecule has 0 aromatic heterocycles. The molecule has 0 aliphatic heterocycles. The molecule has 106 valence electrons. The molecule has 0 saturated heterocycles. The molecule has 0 spiro atoms. The molecule has 0 unspecified atom stereocenters. The van der Waals surface area contributed by atoms with Crippen LogP contribution in [0.5, 0.6) is 0 Å². The minimum atomic E-state index is -0.152. The van der Waals surface area contributed by atoms with Gasteiger partial charge in [-0.15, -0.1) is 0 Å². The van der Waals surface area contributed by atoms with Crippen LogP contribution in [-0.2, 0) is 11.3 Å². The van der Waals surface area contributed by atoms with Crippen molar-refractivity contribution in [3.63, 3.8) is 0 Å². The second kappa shape index (κ2) is 7.63. The van der Waals surface area contributed by atoms with Crippen LogP contribution in [-0.4, -0.2) is 29.5 Å². The van der Waals surface area contributed by atoms with E-state index in [9.17, 15) is 5.11 Å². The number of rotatable bonds is 7. The highest BCUT2D eigenvalue weighted by molar-refractivity contribution is 5.13. The molecule has 2 N–H and O–H groups in total. The Balaban J connectivity index is 1.77. The van der Waals surface area contributed by atoms with Crippen LogP contribution in [0.4, 0.5) is 0 Å². The average Bonchev–Trinajstić information content (AvgIpc) is 2.86. The van der Waals surface area contributed by atoms with Crippen LogP contribution in [0.2, 0.25) is 0 Å². The number of benzene rings is 1. The zero-order chi connectivity index (χ0) is 13.5. The van der Waals surface area contributed by atoms with Crippen LogP contribution in [0, 0.1) is 11.8 Å². The first-order valence-electron chi connectivity index (χ1n) is 7.20. The highest BCUT2D eigenvalue weighted by Crippen LogP contribution is 2.33. The predicted octanol–water partition coefficient (Wildman–Crippen LogP) is 2.36. The summed E-state index contributed by atoms with van der Waals surface area (Å²) >= 11 is 0. The van der Waals surface area contributed by atoms with Gasteiger partial charge in [0.1, 0.15) is 0 Å². The van der Waals surface area contributed by atoms with E-state index in [0.717, 1.165) is 25.7 Å². The van der Waals surface area contributed by atoms with Crippen LogP contribution >= 0.6 is 0 Å². The Hall–Kier alpha value is -0.900. The van der Waals surface area contributed by atoms with Gasteiger partial charge >= 0.3 is 0 Å². The van der Waals surface area contributed by atoms with Crippen molar-refractivity contribution in [3.05, 3.63) is 35.9 Å². The first-order chi connectivity index (χ1) is 9.29. The highest BCUT2D eigenvalue weighted by atomic mass is 16.5. The quantitative estimate of drug-likeness (QED) is 0.795. The third-order valence-corrected chi connectivity index (χ3v) is 4.06. The molecule has 1 aromatic carbocycles. The van der Waals surface area contributed by atoms with Gasteiger partial charge in [0.2, 0.25) is 0 Å². The first kappa shape index (κ1) is 14.5. The third-order valence-electron chi connectivity index (χ3n) is 4.06. The lowest BCUT2D eigenvalue weighted by atomic mass is 9.89. The second-order valence-electron chi connectivity index (χ2n) is 5.50. The Morgan fingerprint density at radius 3 is 2.63 bits per heavy atom. The lowest BCUT2D eigenvalue weighted by molar-refractivity contribution is 0.0515. The summed E-state index contributed by atoms with van der Waals surface area (Å²) in [6.45, 7) is 1.50. The van der Waals surface area contributed by atoms with Crippen molar-refractivity contribution in [1.29, 1.82) is 0 Å². The summed E-state index contributed by atoms with van der Waals surface area (Å²) in [4.78, 5) is 0. The molecule has 1 saturated carbocycles. The van der Waals surface area contributed by atoms with E-state index in [-0.39, 0.29) is 12.7 Å². The van der Waals surface area contributed by atoms with E-state index in [0.29, 0.717) is 25.0 Å². The Labute approximate surface area is 115 Å². The fourth-order valence-electron chi connectivity index (χ4n) is 2.94. The summed E-state index contributed by atoms with van der Waals surface area (Å²) in [5, 5.41) is 18.8. The number of aliphatic hydroxyl groups is 2. The van der Waals surface area contributed by atoms with Gasteiger partial charge in [-0.3, -0.25) is 0 Å². The van der Waals surface area contributed by atoms with Crippen molar-refractivity contribution in [2.24, 2.45) is 11.8 Å². The molecule has 3 heteroatoms. The summed E-state index contributed by atoms with van der Waals surface area (Å²) in [7, 11) is 0. The number of hydrogen-bond donors (Lipinski definition) is 2. The molecule has 3 nitrogen and oxygen atoms in total. The van der Waals surface area contributed by atoms with Crippen molar-refractivity contribution < 1.29 is 14.9 Å². The third kappa shape index (κ3) is 4.60. The molecule has 1 aromatic rings. The minimum Gasteiger partial charge on any atom is -0.396 e. The van der Waals surface area contributed by atoms with Crippen molar-refractivity contribution in [1.82, 2.24) is 0 Å². The molecular formula is C16H24O3. The molecule has 0 amide bonds. The Kier molecular flexibility index (Phi) is 5.83. The zero-order valence-corrected chi connectivity index (χ0v) is 11.4. The van der Waals surface area contributed by atoms with Gasteiger partial charge in [-0.1, -0.05) is 30.3 Å². The second-order valence-corrected chi connectivity index (χ2v) is 5.50. The van der Waals surface area contributed by atoms with Gasteiger partial charge in [0.05, 0.1) is 19.3 Å². The topological polar surface area (TPSA) is 49.7 Å². The van der Waals surface area contributed by atoms with Crippen LogP contribution in [0.15, 0.2) is 30.3 Å². The molecule has 3 atom stereocenters. The van der Waals surface area contributed by atoms with Gasteiger partial charge in [0.25, 0.3) is 0 Å². The summed E-state index contributed by atoms with van der Waals surface area (Å²) in [6.07, 6.45) is 3.43. The van der Waals surface area contributed by atoms with Crippen molar-refractivity contribution in [3.8, 4) is 0 Å². The van der Waals surface area contributed by atoms with Crippen molar-refractivity contribution >= 4 is 0 Å². The maximum Gasteiger partial charge on any atom is 0.0717 e. The van der Waals surface area contributed by atoms with E-state index < -0.39 is 0 Å². The number of hydrogen-bond acceptors (Lipinski definition) is 3. The molecule has 0 radical (unpaired) electrons. The highest BCUT2D eigenvalue weighted by Gasteiger charge is 2.29. The van der Waals surface area contributed by atoms with E-state index in [1.165, 1.54) is 5.56 Å². The van der Waals surface area contributed by atoms with Crippen molar-refractivity contribution in [2.75, 3.05) is 13.2 Å². The largest absolute Gasteiger partial charge is 0.396 e. The van der Waals surface area contributed by atoms with E-state index in [4.69, 9.17) is 9.84 Å². The standard InChI is InChI=1S/C16H24O3/c17-9-8-15(14-6-7-16(18)10-14)12-19-11-13-4-2-1-3-5-13/h1-5,14-18H,6-12H2/t14-,15-,16+/m0/s1. The summed E-state index contributed by atoms with van der Waals surface area (Å²) in [5.74, 6) is 0.865.